The summed E-state index contributed by atoms with van der Waals surface area (Å²) in [5.41, 5.74) is 4.48. The van der Waals surface area contributed by atoms with Crippen molar-refractivity contribution >= 4 is 17.9 Å². The summed E-state index contributed by atoms with van der Waals surface area (Å²) >= 11 is 6.31. The molecule has 0 bridgehead atoms. The molecule has 1 aliphatic rings. The quantitative estimate of drug-likeness (QED) is 0.486. The lowest BCUT2D eigenvalue weighted by atomic mass is 10.0. The molecule has 8 heteroatoms. The van der Waals surface area contributed by atoms with Crippen LogP contribution in [0.3, 0.4) is 0 Å². The van der Waals surface area contributed by atoms with Gasteiger partial charge >= 0.3 is 0 Å². The molecule has 0 spiro atoms. The number of aryl methyl sites for hydroxylation is 1. The Labute approximate surface area is 168 Å². The molecule has 0 aliphatic carbocycles. The second-order valence-electron chi connectivity index (χ2n) is 7.56. The zero-order valence-electron chi connectivity index (χ0n) is 16.2. The van der Waals surface area contributed by atoms with E-state index in [1.165, 1.54) is 0 Å². The van der Waals surface area contributed by atoms with Crippen LogP contribution in [0.5, 0.6) is 0 Å². The summed E-state index contributed by atoms with van der Waals surface area (Å²) in [7, 11) is 1.89. The standard InChI is InChI=1S/C20H23ClN6O/c1-13(2)18-8-17(12-28)27(24-18)26-5-4-14(11-26)19-6-15(7-20(21)23-19)16-9-22-25(3)10-16/h6-10,12-14H,4-5,11H2,1-3H3. The van der Waals surface area contributed by atoms with Gasteiger partial charge in [-0.25, -0.2) is 4.98 Å². The predicted octanol–water partition coefficient (Wildman–Crippen LogP) is 3.39. The molecule has 4 heterocycles. The summed E-state index contributed by atoms with van der Waals surface area (Å²) in [5.74, 6) is 0.496. The molecule has 1 unspecified atom stereocenters. The Balaban J connectivity index is 1.60. The first-order chi connectivity index (χ1) is 13.4. The van der Waals surface area contributed by atoms with E-state index in [4.69, 9.17) is 11.6 Å². The summed E-state index contributed by atoms with van der Waals surface area (Å²) in [6.45, 7) is 5.69. The van der Waals surface area contributed by atoms with Crippen molar-refractivity contribution in [1.29, 1.82) is 0 Å². The number of aromatic nitrogens is 5. The molecule has 0 amide bonds. The highest BCUT2D eigenvalue weighted by atomic mass is 35.5. The van der Waals surface area contributed by atoms with Gasteiger partial charge in [0.1, 0.15) is 10.8 Å². The van der Waals surface area contributed by atoms with Crippen LogP contribution in [0.15, 0.2) is 30.6 Å². The first-order valence-corrected chi connectivity index (χ1v) is 9.79. The van der Waals surface area contributed by atoms with Crippen LogP contribution < -0.4 is 5.01 Å². The van der Waals surface area contributed by atoms with Crippen LogP contribution in [0, 0.1) is 0 Å². The second-order valence-corrected chi connectivity index (χ2v) is 7.95. The van der Waals surface area contributed by atoms with E-state index >= 15 is 0 Å². The third kappa shape index (κ3) is 3.54. The fraction of sp³-hybridized carbons (Fsp3) is 0.400. The first kappa shape index (κ1) is 18.7. The maximum absolute atomic E-state index is 11.5. The summed E-state index contributed by atoms with van der Waals surface area (Å²) in [6.07, 6.45) is 5.58. The normalized spacial score (nSPS) is 16.9. The highest BCUT2D eigenvalue weighted by Gasteiger charge is 2.28. The number of halogens is 1. The van der Waals surface area contributed by atoms with E-state index in [2.05, 4.69) is 40.1 Å². The van der Waals surface area contributed by atoms with Gasteiger partial charge in [-0.3, -0.25) is 14.5 Å². The van der Waals surface area contributed by atoms with Gasteiger partial charge in [0.25, 0.3) is 0 Å². The fourth-order valence-electron chi connectivity index (χ4n) is 3.61. The largest absolute Gasteiger partial charge is 0.296 e. The lowest BCUT2D eigenvalue weighted by Gasteiger charge is -2.20. The van der Waals surface area contributed by atoms with E-state index in [0.717, 1.165) is 48.3 Å². The molecule has 1 aliphatic heterocycles. The Morgan fingerprint density at radius 2 is 2.07 bits per heavy atom. The van der Waals surface area contributed by atoms with Crippen molar-refractivity contribution in [2.75, 3.05) is 18.1 Å². The number of rotatable bonds is 5. The van der Waals surface area contributed by atoms with Gasteiger partial charge in [0, 0.05) is 43.5 Å². The van der Waals surface area contributed by atoms with Crippen LogP contribution >= 0.6 is 11.6 Å². The Morgan fingerprint density at radius 1 is 1.25 bits per heavy atom. The lowest BCUT2D eigenvalue weighted by molar-refractivity contribution is 0.111. The first-order valence-electron chi connectivity index (χ1n) is 9.41. The molecule has 146 valence electrons. The molecule has 3 aromatic heterocycles. The third-order valence-electron chi connectivity index (χ3n) is 5.15. The molecule has 4 rings (SSSR count). The molecule has 0 saturated carbocycles. The predicted molar refractivity (Wildman–Crippen MR) is 108 cm³/mol. The minimum absolute atomic E-state index is 0.223. The average molecular weight is 399 g/mol. The highest BCUT2D eigenvalue weighted by molar-refractivity contribution is 6.29. The van der Waals surface area contributed by atoms with Gasteiger partial charge < -0.3 is 0 Å². The van der Waals surface area contributed by atoms with Crippen molar-refractivity contribution in [2.24, 2.45) is 7.05 Å². The SMILES string of the molecule is CC(C)c1cc(C=O)n(N2CCC(c3cc(-c4cnn(C)c4)cc(Cl)n3)C2)n1. The molecule has 0 radical (unpaired) electrons. The smallest absolute Gasteiger partial charge is 0.170 e. The molecule has 7 nitrogen and oxygen atoms in total. The van der Waals surface area contributed by atoms with Crippen LogP contribution in [-0.2, 0) is 7.05 Å². The Morgan fingerprint density at radius 3 is 2.75 bits per heavy atom. The number of carbonyl (C=O) groups excluding carboxylic acids is 1. The molecule has 1 atom stereocenters. The molecule has 28 heavy (non-hydrogen) atoms. The molecule has 0 aromatic carbocycles. The van der Waals surface area contributed by atoms with Crippen LogP contribution in [-0.4, -0.2) is 44.0 Å². The lowest BCUT2D eigenvalue weighted by Crippen LogP contribution is -2.34. The number of carbonyl (C=O) groups is 1. The zero-order chi connectivity index (χ0) is 19.8. The van der Waals surface area contributed by atoms with Crippen LogP contribution in [0.25, 0.3) is 11.1 Å². The minimum Gasteiger partial charge on any atom is -0.296 e. The van der Waals surface area contributed by atoms with Crippen molar-refractivity contribution in [3.63, 3.8) is 0 Å². The van der Waals surface area contributed by atoms with Gasteiger partial charge in [-0.05, 0) is 36.1 Å². The fourth-order valence-corrected chi connectivity index (χ4v) is 3.83. The number of hydrogen-bond acceptors (Lipinski definition) is 5. The van der Waals surface area contributed by atoms with Gasteiger partial charge in [-0.1, -0.05) is 25.4 Å². The maximum Gasteiger partial charge on any atom is 0.170 e. The molecular weight excluding hydrogens is 376 g/mol. The molecular formula is C20H23ClN6O. The van der Waals surface area contributed by atoms with Crippen molar-refractivity contribution in [1.82, 2.24) is 24.7 Å². The Kier molecular flexibility index (Phi) is 4.93. The van der Waals surface area contributed by atoms with Gasteiger partial charge in [0.05, 0.1) is 11.9 Å². The average Bonchev–Trinajstić information content (AvgIpc) is 3.39. The molecule has 1 saturated heterocycles. The maximum atomic E-state index is 11.5. The minimum atomic E-state index is 0.223. The molecule has 0 N–H and O–H groups in total. The van der Waals surface area contributed by atoms with Crippen molar-refractivity contribution < 1.29 is 4.79 Å². The summed E-state index contributed by atoms with van der Waals surface area (Å²) in [5, 5.41) is 11.4. The van der Waals surface area contributed by atoms with Crippen molar-refractivity contribution in [2.45, 2.75) is 32.1 Å². The van der Waals surface area contributed by atoms with Crippen molar-refractivity contribution in [3.05, 3.63) is 52.8 Å². The topological polar surface area (TPSA) is 68.8 Å². The monoisotopic (exact) mass is 398 g/mol. The Bertz CT molecular complexity index is 1010. The zero-order valence-corrected chi connectivity index (χ0v) is 17.0. The van der Waals surface area contributed by atoms with Crippen LogP contribution in [0.2, 0.25) is 5.15 Å². The Hall–Kier alpha value is -2.67. The highest BCUT2D eigenvalue weighted by Crippen LogP contribution is 2.30. The molecule has 1 fully saturated rings. The van der Waals surface area contributed by atoms with Gasteiger partial charge in [-0.15, -0.1) is 0 Å². The van der Waals surface area contributed by atoms with E-state index in [-0.39, 0.29) is 11.8 Å². The summed E-state index contributed by atoms with van der Waals surface area (Å²) < 4.78 is 1.77. The molecule has 3 aromatic rings. The van der Waals surface area contributed by atoms with Gasteiger partial charge in [0.2, 0.25) is 0 Å². The van der Waals surface area contributed by atoms with Crippen LogP contribution in [0.4, 0.5) is 0 Å². The number of nitrogens with zero attached hydrogens (tertiary/aromatic N) is 6. The summed E-state index contributed by atoms with van der Waals surface area (Å²) in [4.78, 5) is 17.8. The number of hydrogen-bond donors (Lipinski definition) is 0. The van der Waals surface area contributed by atoms with E-state index in [0.29, 0.717) is 10.8 Å². The van der Waals surface area contributed by atoms with Gasteiger partial charge in [-0.2, -0.15) is 15.0 Å². The van der Waals surface area contributed by atoms with E-state index in [9.17, 15) is 4.79 Å². The number of pyridine rings is 1. The van der Waals surface area contributed by atoms with E-state index < -0.39 is 0 Å². The third-order valence-corrected chi connectivity index (χ3v) is 5.35. The van der Waals surface area contributed by atoms with Gasteiger partial charge in [0.15, 0.2) is 6.29 Å². The van der Waals surface area contributed by atoms with E-state index in [1.54, 1.807) is 9.47 Å². The second kappa shape index (κ2) is 7.39. The number of aldehydes is 1. The van der Waals surface area contributed by atoms with Crippen molar-refractivity contribution in [3.8, 4) is 11.1 Å². The summed E-state index contributed by atoms with van der Waals surface area (Å²) in [6, 6.07) is 5.81. The van der Waals surface area contributed by atoms with E-state index in [1.807, 2.05) is 31.6 Å². The van der Waals surface area contributed by atoms with Crippen LogP contribution in [0.1, 0.15) is 54.0 Å².